The molecule has 7 heteroatoms. The Hall–Kier alpha value is -0.253. The minimum absolute atomic E-state index is 0. The van der Waals surface area contributed by atoms with Crippen molar-refractivity contribution < 1.29 is 38.3 Å². The Morgan fingerprint density at radius 2 is 2.00 bits per heavy atom. The van der Waals surface area contributed by atoms with E-state index in [1.54, 1.807) is 20.8 Å². The van der Waals surface area contributed by atoms with Gasteiger partial charge in [-0.15, -0.1) is 0 Å². The Kier molecular flexibility index (Phi) is 8.98. The number of hydroxylamine groups is 2. The van der Waals surface area contributed by atoms with Gasteiger partial charge >= 0.3 is 25.0 Å². The van der Waals surface area contributed by atoms with Gasteiger partial charge in [-0.25, -0.2) is 9.86 Å². The molecule has 0 aliphatic heterocycles. The number of carbonyl (C=O) groups excluding carboxylic acids is 1. The van der Waals surface area contributed by atoms with Crippen LogP contribution in [0.25, 0.3) is 0 Å². The molecule has 0 aromatic heterocycles. The van der Waals surface area contributed by atoms with Gasteiger partial charge in [-0.05, 0) is 27.0 Å². The summed E-state index contributed by atoms with van der Waals surface area (Å²) < 4.78 is 4.95. The van der Waals surface area contributed by atoms with E-state index in [-0.39, 0.29) is 25.4 Å². The van der Waals surface area contributed by atoms with E-state index in [2.05, 4.69) is 10.2 Å². The molecule has 0 spiro atoms. The number of nitrogens with zero attached hydrogens (tertiary/aromatic N) is 1. The molecule has 0 saturated carbocycles. The van der Waals surface area contributed by atoms with Crippen LogP contribution in [-0.4, -0.2) is 43.7 Å². The fourth-order valence-corrected chi connectivity index (χ4v) is 0.731. The van der Waals surface area contributed by atoms with Crippen molar-refractivity contribution in [1.29, 1.82) is 0 Å². The van der Waals surface area contributed by atoms with Gasteiger partial charge in [0.05, 0.1) is 7.11 Å². The van der Waals surface area contributed by atoms with E-state index in [0.717, 1.165) is 5.06 Å². The Morgan fingerprint density at radius 3 is 2.38 bits per heavy atom. The maximum absolute atomic E-state index is 11.3. The first kappa shape index (κ1) is 18.1. The smallest absolute Gasteiger partial charge is 0.838 e. The van der Waals surface area contributed by atoms with Crippen LogP contribution < -0.4 is 29.3 Å². The molecule has 16 heavy (non-hydrogen) atoms. The molecule has 0 radical (unpaired) electrons. The minimum Gasteiger partial charge on any atom is -0.838 e. The third-order valence-corrected chi connectivity index (χ3v) is 1.51. The quantitative estimate of drug-likeness (QED) is 0.309. The number of hydrogen-bond acceptors (Lipinski definition) is 5. The van der Waals surface area contributed by atoms with Crippen LogP contribution in [0.4, 0.5) is 4.79 Å². The molecule has 0 bridgehead atoms. The van der Waals surface area contributed by atoms with E-state index in [1.165, 1.54) is 14.2 Å². The van der Waals surface area contributed by atoms with Gasteiger partial charge in [0.1, 0.15) is 5.60 Å². The molecule has 1 unspecified atom stereocenters. The molecule has 0 saturated heterocycles. The molecular formula is C9H19LiN2O4. The summed E-state index contributed by atoms with van der Waals surface area (Å²) in [6, 6.07) is 0. The maximum atomic E-state index is 11.3. The van der Waals surface area contributed by atoms with Crippen LogP contribution in [0.5, 0.6) is 0 Å². The second-order valence-electron chi connectivity index (χ2n) is 4.07. The minimum atomic E-state index is -1.15. The zero-order chi connectivity index (χ0) is 12.1. The van der Waals surface area contributed by atoms with Crippen molar-refractivity contribution in [2.24, 2.45) is 0 Å². The molecular weight excluding hydrogens is 207 g/mol. The first-order chi connectivity index (χ1) is 6.76. The van der Waals surface area contributed by atoms with Crippen LogP contribution in [0.2, 0.25) is 0 Å². The molecule has 0 fully saturated rings. The van der Waals surface area contributed by atoms with Crippen LogP contribution in [0.3, 0.4) is 0 Å². The largest absolute Gasteiger partial charge is 1.00 e. The summed E-state index contributed by atoms with van der Waals surface area (Å²) in [4.78, 5) is 15.8. The topological polar surface area (TPSA) is 73.9 Å². The first-order valence-electron chi connectivity index (χ1n) is 4.66. The average Bonchev–Trinajstić information content (AvgIpc) is 2.10. The predicted octanol–water partition coefficient (Wildman–Crippen LogP) is -3.31. The van der Waals surface area contributed by atoms with E-state index in [1.807, 2.05) is 0 Å². The molecule has 0 heterocycles. The van der Waals surface area contributed by atoms with E-state index in [4.69, 9.17) is 4.74 Å². The van der Waals surface area contributed by atoms with Gasteiger partial charge in [0.25, 0.3) is 0 Å². The zero-order valence-corrected chi connectivity index (χ0v) is 10.9. The molecule has 1 atom stereocenters. The normalized spacial score (nSPS) is 12.9. The Labute approximate surface area is 108 Å². The van der Waals surface area contributed by atoms with Gasteiger partial charge in [0.2, 0.25) is 0 Å². The van der Waals surface area contributed by atoms with Crippen molar-refractivity contribution in [2.75, 3.05) is 20.7 Å². The van der Waals surface area contributed by atoms with Gasteiger partial charge < -0.3 is 20.0 Å². The third kappa shape index (κ3) is 9.01. The van der Waals surface area contributed by atoms with Crippen molar-refractivity contribution >= 4 is 6.09 Å². The van der Waals surface area contributed by atoms with Crippen LogP contribution in [0.15, 0.2) is 0 Å². The van der Waals surface area contributed by atoms with Gasteiger partial charge in [-0.1, -0.05) is 0 Å². The number of alkyl carbamates (subject to hydrolysis) is 1. The van der Waals surface area contributed by atoms with Crippen molar-refractivity contribution in [2.45, 2.75) is 32.6 Å². The number of amides is 1. The summed E-state index contributed by atoms with van der Waals surface area (Å²) in [7, 11) is 2.88. The predicted molar refractivity (Wildman–Crippen MR) is 52.8 cm³/mol. The summed E-state index contributed by atoms with van der Waals surface area (Å²) in [6.07, 6.45) is -1.75. The number of hydrogen-bond donors (Lipinski definition) is 1. The van der Waals surface area contributed by atoms with E-state index >= 15 is 0 Å². The Bertz CT molecular complexity index is 208. The standard InChI is InChI=1S/C9H19N2O4.Li/c1-9(2,3)15-8(13)10-6-7(12)11(4)14-5;/h7H,6H2,1-5H3,(H,10,13);/q-1;+1. The first-order valence-corrected chi connectivity index (χ1v) is 4.66. The number of nitrogens with one attached hydrogen (secondary N) is 1. The molecule has 0 aromatic carbocycles. The monoisotopic (exact) mass is 226 g/mol. The van der Waals surface area contributed by atoms with Crippen molar-refractivity contribution in [3.63, 3.8) is 0 Å². The molecule has 6 nitrogen and oxygen atoms in total. The fraction of sp³-hybridized carbons (Fsp3) is 0.889. The molecule has 0 rings (SSSR count). The second-order valence-corrected chi connectivity index (χ2v) is 4.07. The molecule has 0 aliphatic rings. The summed E-state index contributed by atoms with van der Waals surface area (Å²) in [5.74, 6) is 0. The van der Waals surface area contributed by atoms with Gasteiger partial charge in [-0.3, -0.25) is 0 Å². The number of likely N-dealkylation sites (N-methyl/N-ethyl adjacent to an activating group) is 1. The van der Waals surface area contributed by atoms with Crippen molar-refractivity contribution in [1.82, 2.24) is 10.4 Å². The SMILES string of the molecule is CON(C)C([O-])CNC(=O)OC(C)(C)C.[Li+]. The summed E-state index contributed by atoms with van der Waals surface area (Å²) >= 11 is 0. The zero-order valence-electron chi connectivity index (χ0n) is 10.9. The Balaban J connectivity index is 0. The van der Waals surface area contributed by atoms with Crippen molar-refractivity contribution in [3.8, 4) is 0 Å². The molecule has 0 aromatic rings. The number of ether oxygens (including phenoxy) is 1. The van der Waals surface area contributed by atoms with Gasteiger partial charge in [0.15, 0.2) is 0 Å². The summed E-state index contributed by atoms with van der Waals surface area (Å²) in [6.45, 7) is 5.19. The maximum Gasteiger partial charge on any atom is 1.00 e. The Morgan fingerprint density at radius 1 is 1.50 bits per heavy atom. The summed E-state index contributed by atoms with van der Waals surface area (Å²) in [5, 5.41) is 14.7. The van der Waals surface area contributed by atoms with Crippen LogP contribution in [0.1, 0.15) is 20.8 Å². The van der Waals surface area contributed by atoms with Crippen LogP contribution in [0, 0.1) is 0 Å². The van der Waals surface area contributed by atoms with E-state index in [0.29, 0.717) is 0 Å². The second kappa shape index (κ2) is 7.93. The fourth-order valence-electron chi connectivity index (χ4n) is 0.731. The van der Waals surface area contributed by atoms with Gasteiger partial charge in [0, 0.05) is 13.6 Å². The molecule has 1 amide bonds. The average molecular weight is 226 g/mol. The van der Waals surface area contributed by atoms with Crippen molar-refractivity contribution in [3.05, 3.63) is 0 Å². The van der Waals surface area contributed by atoms with Crippen LogP contribution in [-0.2, 0) is 9.57 Å². The van der Waals surface area contributed by atoms with E-state index < -0.39 is 17.9 Å². The van der Waals surface area contributed by atoms with Gasteiger partial charge in [-0.2, -0.15) is 0 Å². The molecule has 1 N–H and O–H groups in total. The summed E-state index contributed by atoms with van der Waals surface area (Å²) in [5.41, 5.74) is -0.560. The third-order valence-electron chi connectivity index (χ3n) is 1.51. The van der Waals surface area contributed by atoms with Crippen LogP contribution >= 0.6 is 0 Å². The molecule has 0 aliphatic carbocycles. The molecule has 90 valence electrons. The number of rotatable bonds is 4. The number of carbonyl (C=O) groups is 1. The van der Waals surface area contributed by atoms with E-state index in [9.17, 15) is 9.90 Å².